The molecule has 27 heavy (non-hydrogen) atoms. The number of benzene rings is 1. The molecule has 3 aliphatic carbocycles. The Morgan fingerprint density at radius 1 is 0.889 bits per heavy atom. The van der Waals surface area contributed by atoms with E-state index in [9.17, 15) is 5.11 Å². The van der Waals surface area contributed by atoms with Crippen LogP contribution in [0.4, 0.5) is 0 Å². The van der Waals surface area contributed by atoms with E-state index in [2.05, 4.69) is 29.2 Å². The van der Waals surface area contributed by atoms with E-state index in [0.29, 0.717) is 6.04 Å². The van der Waals surface area contributed by atoms with Gasteiger partial charge in [0, 0.05) is 24.2 Å². The van der Waals surface area contributed by atoms with Crippen LogP contribution in [0.25, 0.3) is 0 Å². The zero-order valence-corrected chi connectivity index (χ0v) is 16.7. The van der Waals surface area contributed by atoms with E-state index in [1.54, 1.807) is 0 Å². The Labute approximate surface area is 164 Å². The Morgan fingerprint density at radius 2 is 1.48 bits per heavy atom. The predicted octanol–water partition coefficient (Wildman–Crippen LogP) is 4.77. The molecular weight excluding hydrogens is 332 g/mol. The second kappa shape index (κ2) is 9.34. The van der Waals surface area contributed by atoms with Crippen molar-refractivity contribution >= 4 is 5.71 Å². The Balaban J connectivity index is 1.44. The molecule has 4 rings (SSSR count). The van der Waals surface area contributed by atoms with Crippen molar-refractivity contribution in [2.45, 2.75) is 101 Å². The second-order valence-electron chi connectivity index (χ2n) is 8.90. The lowest BCUT2D eigenvalue weighted by Gasteiger charge is -2.41. The Kier molecular flexibility index (Phi) is 6.62. The van der Waals surface area contributed by atoms with E-state index < -0.39 is 0 Å². The predicted molar refractivity (Wildman–Crippen MR) is 112 cm³/mol. The Bertz CT molecular complexity index is 584. The lowest BCUT2D eigenvalue weighted by Crippen LogP contribution is -2.47. The fourth-order valence-corrected chi connectivity index (χ4v) is 5.39. The van der Waals surface area contributed by atoms with Crippen molar-refractivity contribution in [2.24, 2.45) is 4.99 Å². The van der Waals surface area contributed by atoms with Crippen molar-refractivity contribution < 1.29 is 5.11 Å². The van der Waals surface area contributed by atoms with E-state index in [4.69, 9.17) is 4.99 Å². The van der Waals surface area contributed by atoms with E-state index in [1.165, 1.54) is 75.5 Å². The van der Waals surface area contributed by atoms with Gasteiger partial charge in [0.05, 0.1) is 18.7 Å². The maximum Gasteiger partial charge on any atom is 0.0770 e. The minimum Gasteiger partial charge on any atom is -0.394 e. The molecule has 0 bridgehead atoms. The summed E-state index contributed by atoms with van der Waals surface area (Å²) in [6, 6.07) is 12.6. The molecule has 148 valence electrons. The molecule has 0 radical (unpaired) electrons. The summed E-state index contributed by atoms with van der Waals surface area (Å²) in [6.07, 6.45) is 16.0. The third kappa shape index (κ3) is 5.00. The first kappa shape index (κ1) is 19.1. The quantitative estimate of drug-likeness (QED) is 0.752. The Morgan fingerprint density at radius 3 is 2.04 bits per heavy atom. The van der Waals surface area contributed by atoms with Gasteiger partial charge in [-0.1, -0.05) is 68.9 Å². The third-order valence-electron chi connectivity index (χ3n) is 6.85. The number of rotatable bonds is 7. The molecule has 3 aliphatic rings. The lowest BCUT2D eigenvalue weighted by molar-refractivity contribution is 0.0796. The molecule has 3 fully saturated rings. The molecule has 0 amide bonds. The van der Waals surface area contributed by atoms with Crippen LogP contribution in [0.1, 0.15) is 76.2 Å². The normalized spacial score (nSPS) is 27.2. The van der Waals surface area contributed by atoms with E-state index in [-0.39, 0.29) is 12.6 Å². The van der Waals surface area contributed by atoms with Crippen LogP contribution in [-0.4, -0.2) is 46.5 Å². The van der Waals surface area contributed by atoms with Gasteiger partial charge in [-0.15, -0.1) is 0 Å². The monoisotopic (exact) mass is 368 g/mol. The highest BCUT2D eigenvalue weighted by atomic mass is 16.3. The molecular formula is C24H36N2O. The van der Waals surface area contributed by atoms with Crippen LogP contribution in [-0.2, 0) is 6.42 Å². The van der Waals surface area contributed by atoms with E-state index in [0.717, 1.165) is 24.9 Å². The fraction of sp³-hybridized carbons (Fsp3) is 0.708. The van der Waals surface area contributed by atoms with Crippen molar-refractivity contribution in [1.82, 2.24) is 4.90 Å². The van der Waals surface area contributed by atoms with Crippen molar-refractivity contribution in [3.05, 3.63) is 35.9 Å². The van der Waals surface area contributed by atoms with Gasteiger partial charge in [-0.3, -0.25) is 9.89 Å². The summed E-state index contributed by atoms with van der Waals surface area (Å²) in [6.45, 7) is 0.151. The first-order valence-corrected chi connectivity index (χ1v) is 11.3. The molecule has 2 unspecified atom stereocenters. The molecule has 0 spiro atoms. The van der Waals surface area contributed by atoms with Gasteiger partial charge in [0.15, 0.2) is 0 Å². The summed E-state index contributed by atoms with van der Waals surface area (Å²) in [4.78, 5) is 7.92. The molecule has 3 saturated carbocycles. The molecule has 0 aliphatic heterocycles. The summed E-state index contributed by atoms with van der Waals surface area (Å²) < 4.78 is 0. The first-order valence-electron chi connectivity index (χ1n) is 11.3. The van der Waals surface area contributed by atoms with Crippen LogP contribution in [0.5, 0.6) is 0 Å². The van der Waals surface area contributed by atoms with Crippen LogP contribution in [0.3, 0.4) is 0 Å². The van der Waals surface area contributed by atoms with E-state index >= 15 is 0 Å². The first-order chi connectivity index (χ1) is 13.3. The largest absolute Gasteiger partial charge is 0.394 e. The van der Waals surface area contributed by atoms with Gasteiger partial charge in [-0.05, 0) is 37.7 Å². The van der Waals surface area contributed by atoms with Gasteiger partial charge in [-0.25, -0.2) is 0 Å². The van der Waals surface area contributed by atoms with Gasteiger partial charge in [0.2, 0.25) is 0 Å². The molecule has 3 heteroatoms. The van der Waals surface area contributed by atoms with Gasteiger partial charge in [0.1, 0.15) is 0 Å². The lowest BCUT2D eigenvalue weighted by atomic mass is 9.88. The van der Waals surface area contributed by atoms with Crippen molar-refractivity contribution in [3.63, 3.8) is 0 Å². The highest BCUT2D eigenvalue weighted by Gasteiger charge is 2.44. The molecule has 0 heterocycles. The van der Waals surface area contributed by atoms with Crippen molar-refractivity contribution in [3.8, 4) is 0 Å². The molecule has 3 nitrogen and oxygen atoms in total. The second-order valence-corrected chi connectivity index (χ2v) is 8.90. The fourth-order valence-electron chi connectivity index (χ4n) is 5.39. The minimum atomic E-state index is 0.0203. The summed E-state index contributed by atoms with van der Waals surface area (Å²) in [5.74, 6) is 0. The SMILES string of the molecule is OCC(Cc1ccccc1)/N=C1\CC1N(C1CCCCC1)C1CCCCC1. The standard InChI is InChI=1S/C24H36N2O/c27-18-20(16-19-10-4-1-5-11-19)25-23-17-24(23)26(21-12-6-2-7-13-21)22-14-8-3-9-15-22/h1,4-5,10-11,20-22,24,27H,2-3,6-9,12-18H2/b25-23+. The number of aliphatic hydroxyl groups excluding tert-OH is 1. The van der Waals surface area contributed by atoms with Crippen LogP contribution < -0.4 is 0 Å². The Hall–Kier alpha value is -1.19. The van der Waals surface area contributed by atoms with Gasteiger partial charge in [0.25, 0.3) is 0 Å². The highest BCUT2D eigenvalue weighted by molar-refractivity contribution is 6.05. The number of aliphatic imine (C=N–C) groups is 1. The van der Waals surface area contributed by atoms with Gasteiger partial charge in [-0.2, -0.15) is 0 Å². The molecule has 1 aromatic rings. The summed E-state index contributed by atoms with van der Waals surface area (Å²) in [5.41, 5.74) is 2.63. The minimum absolute atomic E-state index is 0.0203. The van der Waals surface area contributed by atoms with Gasteiger partial charge >= 0.3 is 0 Å². The summed E-state index contributed by atoms with van der Waals surface area (Å²) >= 11 is 0. The smallest absolute Gasteiger partial charge is 0.0770 e. The van der Waals surface area contributed by atoms with Gasteiger partial charge < -0.3 is 5.11 Å². The molecule has 1 N–H and O–H groups in total. The average molecular weight is 369 g/mol. The number of nitrogens with zero attached hydrogens (tertiary/aromatic N) is 2. The van der Waals surface area contributed by atoms with E-state index in [1.807, 2.05) is 6.07 Å². The number of hydrogen-bond acceptors (Lipinski definition) is 3. The highest BCUT2D eigenvalue weighted by Crippen LogP contribution is 2.38. The number of aliphatic hydroxyl groups is 1. The zero-order valence-electron chi connectivity index (χ0n) is 16.7. The molecule has 0 aromatic heterocycles. The molecule has 1 aromatic carbocycles. The molecule has 2 atom stereocenters. The zero-order chi connectivity index (χ0) is 18.5. The van der Waals surface area contributed by atoms with Crippen molar-refractivity contribution in [1.29, 1.82) is 0 Å². The topological polar surface area (TPSA) is 35.8 Å². The summed E-state index contributed by atoms with van der Waals surface area (Å²) in [7, 11) is 0. The average Bonchev–Trinajstić information content (AvgIpc) is 3.48. The maximum absolute atomic E-state index is 9.87. The summed E-state index contributed by atoms with van der Waals surface area (Å²) in [5, 5.41) is 9.87. The van der Waals surface area contributed by atoms with Crippen LogP contribution in [0.2, 0.25) is 0 Å². The maximum atomic E-state index is 9.87. The van der Waals surface area contributed by atoms with Crippen LogP contribution in [0.15, 0.2) is 35.3 Å². The third-order valence-corrected chi connectivity index (χ3v) is 6.85. The molecule has 0 saturated heterocycles. The van der Waals surface area contributed by atoms with Crippen LogP contribution >= 0.6 is 0 Å². The van der Waals surface area contributed by atoms with Crippen molar-refractivity contribution in [2.75, 3.05) is 6.61 Å². The number of hydrogen-bond donors (Lipinski definition) is 1. The van der Waals surface area contributed by atoms with Crippen LogP contribution in [0, 0.1) is 0 Å².